The Kier molecular flexibility index (Phi) is 4.48. The van der Waals surface area contributed by atoms with Crippen molar-refractivity contribution in [1.82, 2.24) is 19.8 Å². The summed E-state index contributed by atoms with van der Waals surface area (Å²) >= 11 is 0. The van der Waals surface area contributed by atoms with E-state index in [-0.39, 0.29) is 24.1 Å². The molecular formula is C18H21F3N4O3. The number of alkyl halides is 3. The molecule has 1 N–H and O–H groups in total. The Labute approximate surface area is 159 Å². The van der Waals surface area contributed by atoms with Crippen LogP contribution in [0.25, 0.3) is 0 Å². The summed E-state index contributed by atoms with van der Waals surface area (Å²) in [4.78, 5) is 14.5. The van der Waals surface area contributed by atoms with E-state index in [0.717, 1.165) is 18.5 Å². The molecule has 1 unspecified atom stereocenters. The van der Waals surface area contributed by atoms with Crippen molar-refractivity contribution < 1.29 is 27.6 Å². The molecule has 0 spiro atoms. The van der Waals surface area contributed by atoms with Crippen LogP contribution in [0.15, 0.2) is 10.6 Å². The number of carbonyl (C=O) groups is 1. The molecule has 10 heteroatoms. The third-order valence-electron chi connectivity index (χ3n) is 5.29. The Bertz CT molecular complexity index is 901. The van der Waals surface area contributed by atoms with Gasteiger partial charge in [-0.3, -0.25) is 9.48 Å². The zero-order valence-electron chi connectivity index (χ0n) is 15.5. The fourth-order valence-corrected chi connectivity index (χ4v) is 3.79. The van der Waals surface area contributed by atoms with Crippen LogP contribution in [0, 0.1) is 0 Å². The van der Waals surface area contributed by atoms with Gasteiger partial charge in [0.2, 0.25) is 0 Å². The van der Waals surface area contributed by atoms with Gasteiger partial charge in [-0.25, -0.2) is 0 Å². The highest BCUT2D eigenvalue weighted by molar-refractivity contribution is 5.93. The summed E-state index contributed by atoms with van der Waals surface area (Å²) in [6.07, 6.45) is -5.52. The van der Waals surface area contributed by atoms with Gasteiger partial charge in [-0.15, -0.1) is 0 Å². The molecule has 152 valence electrons. The molecule has 2 atom stereocenters. The summed E-state index contributed by atoms with van der Waals surface area (Å²) in [6.45, 7) is 2.16. The molecule has 2 aliphatic rings. The van der Waals surface area contributed by atoms with Gasteiger partial charge in [-0.05, 0) is 18.9 Å². The SMILES string of the molecule is C[C@H]1CN(C(=O)c2cc(C3CC3)nn2C)Cc2onc(C(O)CC(F)(F)F)c21. The van der Waals surface area contributed by atoms with Crippen LogP contribution in [0.4, 0.5) is 13.2 Å². The second kappa shape index (κ2) is 6.61. The molecule has 1 aliphatic carbocycles. The van der Waals surface area contributed by atoms with Gasteiger partial charge in [-0.2, -0.15) is 18.3 Å². The molecular weight excluding hydrogens is 377 g/mol. The molecule has 1 amide bonds. The van der Waals surface area contributed by atoms with Crippen LogP contribution in [-0.2, 0) is 13.6 Å². The van der Waals surface area contributed by atoms with Gasteiger partial charge >= 0.3 is 6.18 Å². The molecule has 0 aromatic carbocycles. The number of fused-ring (bicyclic) bond motifs is 1. The Hall–Kier alpha value is -2.36. The molecule has 0 saturated heterocycles. The predicted octanol–water partition coefficient (Wildman–Crippen LogP) is 3.03. The standard InChI is InChI=1S/C18H21F3N4O3/c1-9-7-25(17(27)12-5-11(10-3-4-10)22-24(12)2)8-14-15(9)16(23-28-14)13(26)6-18(19,20)21/h5,9-10,13,26H,3-4,6-8H2,1-2H3/t9-,13?/m0/s1. The summed E-state index contributed by atoms with van der Waals surface area (Å²) in [7, 11) is 1.72. The lowest BCUT2D eigenvalue weighted by Crippen LogP contribution is -2.38. The molecule has 2 aromatic heterocycles. The molecule has 1 aliphatic heterocycles. The highest BCUT2D eigenvalue weighted by atomic mass is 19.4. The molecule has 1 fully saturated rings. The van der Waals surface area contributed by atoms with Crippen molar-refractivity contribution in [3.05, 3.63) is 34.5 Å². The van der Waals surface area contributed by atoms with E-state index in [1.54, 1.807) is 29.6 Å². The largest absolute Gasteiger partial charge is 0.391 e. The minimum atomic E-state index is -4.51. The van der Waals surface area contributed by atoms with E-state index in [1.165, 1.54) is 0 Å². The summed E-state index contributed by atoms with van der Waals surface area (Å²) in [5.74, 6) is 0.209. The van der Waals surface area contributed by atoms with Crippen LogP contribution >= 0.6 is 0 Å². The van der Waals surface area contributed by atoms with Gasteiger partial charge in [0.05, 0.1) is 18.7 Å². The molecule has 2 aromatic rings. The summed E-state index contributed by atoms with van der Waals surface area (Å²) in [5, 5.41) is 18.0. The number of nitrogens with zero attached hydrogens (tertiary/aromatic N) is 4. The normalized spacial score (nSPS) is 20.9. The molecule has 28 heavy (non-hydrogen) atoms. The number of aliphatic hydroxyl groups excluding tert-OH is 1. The number of hydrogen-bond donors (Lipinski definition) is 1. The van der Waals surface area contributed by atoms with Gasteiger partial charge in [-0.1, -0.05) is 12.1 Å². The first-order chi connectivity index (χ1) is 13.1. The first kappa shape index (κ1) is 19.0. The van der Waals surface area contributed by atoms with Gasteiger partial charge < -0.3 is 14.5 Å². The number of aliphatic hydroxyl groups is 1. The summed E-state index contributed by atoms with van der Waals surface area (Å²) in [6, 6.07) is 1.80. The molecule has 4 rings (SSSR count). The quantitative estimate of drug-likeness (QED) is 0.856. The van der Waals surface area contributed by atoms with Crippen molar-refractivity contribution in [2.45, 2.75) is 56.8 Å². The summed E-state index contributed by atoms with van der Waals surface area (Å²) < 4.78 is 44.6. The Morgan fingerprint density at radius 2 is 2.14 bits per heavy atom. The fourth-order valence-electron chi connectivity index (χ4n) is 3.79. The smallest absolute Gasteiger partial charge is 0.386 e. The van der Waals surface area contributed by atoms with E-state index >= 15 is 0 Å². The van der Waals surface area contributed by atoms with E-state index in [1.807, 2.05) is 0 Å². The van der Waals surface area contributed by atoms with Crippen molar-refractivity contribution in [2.24, 2.45) is 7.05 Å². The van der Waals surface area contributed by atoms with Gasteiger partial charge in [0.1, 0.15) is 17.5 Å². The lowest BCUT2D eigenvalue weighted by atomic mass is 9.91. The maximum absolute atomic E-state index is 13.0. The maximum atomic E-state index is 13.0. The van der Waals surface area contributed by atoms with Crippen LogP contribution < -0.4 is 0 Å². The van der Waals surface area contributed by atoms with Crippen LogP contribution in [0.1, 0.15) is 77.3 Å². The second-order valence-electron chi connectivity index (χ2n) is 7.68. The Balaban J connectivity index is 1.55. The van der Waals surface area contributed by atoms with E-state index < -0.39 is 18.7 Å². The van der Waals surface area contributed by atoms with Crippen molar-refractivity contribution in [2.75, 3.05) is 6.54 Å². The van der Waals surface area contributed by atoms with Gasteiger partial charge in [0, 0.05) is 31.0 Å². The maximum Gasteiger partial charge on any atom is 0.391 e. The Morgan fingerprint density at radius 1 is 1.43 bits per heavy atom. The number of amides is 1. The number of aromatic nitrogens is 3. The third kappa shape index (κ3) is 3.52. The molecule has 1 saturated carbocycles. The first-order valence-corrected chi connectivity index (χ1v) is 9.20. The van der Waals surface area contributed by atoms with E-state index in [2.05, 4.69) is 10.3 Å². The highest BCUT2D eigenvalue weighted by Crippen LogP contribution is 2.40. The molecule has 3 heterocycles. The van der Waals surface area contributed by atoms with Crippen LogP contribution in [0.3, 0.4) is 0 Å². The van der Waals surface area contributed by atoms with E-state index in [0.29, 0.717) is 29.5 Å². The third-order valence-corrected chi connectivity index (χ3v) is 5.29. The number of halogens is 3. The van der Waals surface area contributed by atoms with Crippen molar-refractivity contribution in [3.63, 3.8) is 0 Å². The zero-order valence-corrected chi connectivity index (χ0v) is 15.5. The van der Waals surface area contributed by atoms with Crippen molar-refractivity contribution in [3.8, 4) is 0 Å². The number of hydrogen-bond acceptors (Lipinski definition) is 5. The number of aryl methyl sites for hydroxylation is 1. The lowest BCUT2D eigenvalue weighted by Gasteiger charge is -2.30. The average Bonchev–Trinajstić information content (AvgIpc) is 3.23. The van der Waals surface area contributed by atoms with Crippen molar-refractivity contribution in [1.29, 1.82) is 0 Å². The minimum absolute atomic E-state index is 0.0915. The monoisotopic (exact) mass is 398 g/mol. The Morgan fingerprint density at radius 3 is 2.79 bits per heavy atom. The zero-order chi connectivity index (χ0) is 20.2. The minimum Gasteiger partial charge on any atom is -0.386 e. The van der Waals surface area contributed by atoms with Crippen molar-refractivity contribution >= 4 is 5.91 Å². The topological polar surface area (TPSA) is 84.4 Å². The molecule has 7 nitrogen and oxygen atoms in total. The van der Waals surface area contributed by atoms with Crippen LogP contribution in [0.5, 0.6) is 0 Å². The average molecular weight is 398 g/mol. The first-order valence-electron chi connectivity index (χ1n) is 9.20. The lowest BCUT2D eigenvalue weighted by molar-refractivity contribution is -0.154. The molecule has 0 bridgehead atoms. The van der Waals surface area contributed by atoms with Crippen LogP contribution in [0.2, 0.25) is 0 Å². The highest BCUT2D eigenvalue weighted by Gasteiger charge is 2.39. The predicted molar refractivity (Wildman–Crippen MR) is 90.5 cm³/mol. The molecule has 0 radical (unpaired) electrons. The number of rotatable bonds is 4. The van der Waals surface area contributed by atoms with E-state index in [4.69, 9.17) is 4.52 Å². The van der Waals surface area contributed by atoms with Crippen LogP contribution in [-0.4, -0.2) is 43.6 Å². The summed E-state index contributed by atoms with van der Waals surface area (Å²) in [5.41, 5.74) is 1.75. The van der Waals surface area contributed by atoms with Gasteiger partial charge in [0.15, 0.2) is 5.76 Å². The van der Waals surface area contributed by atoms with Gasteiger partial charge in [0.25, 0.3) is 5.91 Å². The fraction of sp³-hybridized carbons (Fsp3) is 0.611. The van der Waals surface area contributed by atoms with E-state index in [9.17, 15) is 23.1 Å². The number of carbonyl (C=O) groups excluding carboxylic acids is 1. The second-order valence-corrected chi connectivity index (χ2v) is 7.68.